The van der Waals surface area contributed by atoms with Crippen LogP contribution in [0.3, 0.4) is 0 Å². The van der Waals surface area contributed by atoms with Crippen LogP contribution in [0, 0.1) is 5.92 Å². The fraction of sp³-hybridized carbons (Fsp3) is 0.500. The van der Waals surface area contributed by atoms with Crippen molar-refractivity contribution in [3.05, 3.63) is 46.4 Å². The number of halogens is 2. The average molecular weight is 572 g/mol. The molecule has 1 aliphatic heterocycles. The highest BCUT2D eigenvalue weighted by Gasteiger charge is 2.33. The molecule has 1 saturated heterocycles. The first-order valence-electron chi connectivity index (χ1n) is 12.3. The van der Waals surface area contributed by atoms with E-state index in [4.69, 9.17) is 37.4 Å². The highest BCUT2D eigenvalue weighted by atomic mass is 35.5. The van der Waals surface area contributed by atoms with Crippen molar-refractivity contribution < 1.29 is 27.4 Å². The topological polar surface area (TPSA) is 94.2 Å². The largest absolute Gasteiger partial charge is 0.493 e. The predicted molar refractivity (Wildman–Crippen MR) is 142 cm³/mol. The molecule has 1 saturated carbocycles. The Labute approximate surface area is 228 Å². The lowest BCUT2D eigenvalue weighted by Gasteiger charge is -2.40. The molecule has 8 nitrogen and oxygen atoms in total. The van der Waals surface area contributed by atoms with E-state index in [-0.39, 0.29) is 22.7 Å². The molecule has 0 bridgehead atoms. The van der Waals surface area contributed by atoms with Crippen molar-refractivity contribution in [3.63, 3.8) is 0 Å². The normalized spacial score (nSPS) is 21.3. The van der Waals surface area contributed by atoms with Gasteiger partial charge in [0.1, 0.15) is 11.9 Å². The van der Waals surface area contributed by atoms with Crippen molar-refractivity contribution in [1.82, 2.24) is 9.62 Å². The number of piperidine rings is 1. The summed E-state index contributed by atoms with van der Waals surface area (Å²) in [5.74, 6) is 0.631. The van der Waals surface area contributed by atoms with Crippen LogP contribution in [0.4, 0.5) is 0 Å². The molecule has 2 fully saturated rings. The van der Waals surface area contributed by atoms with E-state index >= 15 is 0 Å². The Hall–Kier alpha value is -2.20. The van der Waals surface area contributed by atoms with Crippen molar-refractivity contribution in [2.24, 2.45) is 5.92 Å². The third-order valence-electron chi connectivity index (χ3n) is 7.15. The number of hydrogen-bond donors (Lipinski definition) is 1. The number of nitrogens with one attached hydrogen (secondary N) is 1. The second-order valence-corrected chi connectivity index (χ2v) is 11.9. The summed E-state index contributed by atoms with van der Waals surface area (Å²) in [5.41, 5.74) is 0. The fourth-order valence-electron chi connectivity index (χ4n) is 5.06. The van der Waals surface area contributed by atoms with E-state index in [1.807, 2.05) is 6.07 Å². The maximum Gasteiger partial charge on any atom is 0.264 e. The summed E-state index contributed by atoms with van der Waals surface area (Å²) in [6.07, 6.45) is 4.95. The number of carbonyl (C=O) groups excluding carboxylic acids is 1. The van der Waals surface area contributed by atoms with Crippen LogP contribution in [-0.2, 0) is 14.8 Å². The Morgan fingerprint density at radius 1 is 0.892 bits per heavy atom. The molecular weight excluding hydrogens is 539 g/mol. The van der Waals surface area contributed by atoms with Gasteiger partial charge in [-0.05, 0) is 62.8 Å². The maximum absolute atomic E-state index is 12.8. The summed E-state index contributed by atoms with van der Waals surface area (Å²) in [7, 11) is -1.12. The molecule has 1 N–H and O–H groups in total. The summed E-state index contributed by atoms with van der Waals surface area (Å²) in [6.45, 7) is 1.84. The Kier molecular flexibility index (Phi) is 9.11. The lowest BCUT2D eigenvalue weighted by atomic mass is 9.84. The van der Waals surface area contributed by atoms with Gasteiger partial charge < -0.3 is 19.1 Å². The van der Waals surface area contributed by atoms with Gasteiger partial charge in [0.2, 0.25) is 5.91 Å². The number of hydrogen-bond acceptors (Lipinski definition) is 7. The molecule has 2 aliphatic rings. The average Bonchev–Trinajstić information content (AvgIpc) is 2.90. The molecule has 0 radical (unpaired) electrons. The summed E-state index contributed by atoms with van der Waals surface area (Å²) in [5, 5.41) is 0.987. The molecule has 0 unspecified atom stereocenters. The van der Waals surface area contributed by atoms with Crippen LogP contribution in [0.5, 0.6) is 17.2 Å². The molecule has 1 amide bonds. The lowest BCUT2D eigenvalue weighted by molar-refractivity contribution is -0.124. The number of sulfonamides is 1. The van der Waals surface area contributed by atoms with E-state index in [0.29, 0.717) is 34.7 Å². The minimum Gasteiger partial charge on any atom is -0.493 e. The van der Waals surface area contributed by atoms with E-state index in [1.54, 1.807) is 12.1 Å². The molecule has 202 valence electrons. The van der Waals surface area contributed by atoms with Crippen LogP contribution in [0.2, 0.25) is 10.0 Å². The van der Waals surface area contributed by atoms with E-state index in [1.165, 1.54) is 32.4 Å². The number of amides is 1. The van der Waals surface area contributed by atoms with E-state index < -0.39 is 15.9 Å². The minimum absolute atomic E-state index is 0.0434. The molecule has 1 aliphatic carbocycles. The van der Waals surface area contributed by atoms with Gasteiger partial charge in [-0.15, -0.1) is 0 Å². The van der Waals surface area contributed by atoms with Crippen LogP contribution in [0.25, 0.3) is 0 Å². The van der Waals surface area contributed by atoms with Gasteiger partial charge in [0.05, 0.1) is 29.2 Å². The van der Waals surface area contributed by atoms with E-state index in [0.717, 1.165) is 44.5 Å². The summed E-state index contributed by atoms with van der Waals surface area (Å²) < 4.78 is 44.3. The first-order valence-corrected chi connectivity index (χ1v) is 14.6. The zero-order chi connectivity index (χ0) is 26.6. The van der Waals surface area contributed by atoms with Crippen LogP contribution in [-0.4, -0.2) is 58.7 Å². The van der Waals surface area contributed by atoms with Gasteiger partial charge in [-0.3, -0.25) is 4.79 Å². The minimum atomic E-state index is -4.01. The van der Waals surface area contributed by atoms with Crippen molar-refractivity contribution in [2.75, 3.05) is 27.3 Å². The van der Waals surface area contributed by atoms with Gasteiger partial charge in [-0.2, -0.15) is 0 Å². The Bertz CT molecular complexity index is 1210. The quantitative estimate of drug-likeness (QED) is 0.481. The van der Waals surface area contributed by atoms with Gasteiger partial charge >= 0.3 is 0 Å². The fourth-order valence-corrected chi connectivity index (χ4v) is 6.41. The number of ether oxygens (including phenoxy) is 3. The number of methoxy groups -OCH3 is 2. The third-order valence-corrected chi connectivity index (χ3v) is 9.24. The number of carbonyl (C=O) groups is 1. The molecule has 1 heterocycles. The van der Waals surface area contributed by atoms with Crippen LogP contribution < -0.4 is 18.9 Å². The third kappa shape index (κ3) is 6.82. The number of benzene rings is 2. The molecule has 2 aromatic carbocycles. The van der Waals surface area contributed by atoms with Gasteiger partial charge in [0, 0.05) is 37.2 Å². The molecular formula is C26H32Cl2N2O6S. The number of rotatable bonds is 8. The second kappa shape index (κ2) is 12.1. The summed E-state index contributed by atoms with van der Waals surface area (Å²) >= 11 is 12.1. The van der Waals surface area contributed by atoms with Crippen LogP contribution in [0.15, 0.2) is 41.3 Å². The number of nitrogens with zero attached hydrogens (tertiary/aromatic N) is 1. The molecule has 4 rings (SSSR count). The van der Waals surface area contributed by atoms with E-state index in [9.17, 15) is 13.2 Å². The van der Waals surface area contributed by atoms with Crippen molar-refractivity contribution >= 4 is 39.1 Å². The Morgan fingerprint density at radius 2 is 1.57 bits per heavy atom. The molecule has 2 aromatic rings. The molecule has 0 spiro atoms. The Morgan fingerprint density at radius 3 is 2.19 bits per heavy atom. The molecule has 0 atom stereocenters. The molecule has 11 heteroatoms. The smallest absolute Gasteiger partial charge is 0.264 e. The predicted octanol–water partition coefficient (Wildman–Crippen LogP) is 4.92. The highest BCUT2D eigenvalue weighted by Crippen LogP contribution is 2.33. The Balaban J connectivity index is 1.25. The second-order valence-electron chi connectivity index (χ2n) is 9.42. The van der Waals surface area contributed by atoms with Gasteiger partial charge in [0.15, 0.2) is 11.5 Å². The summed E-state index contributed by atoms with van der Waals surface area (Å²) in [6, 6.07) is 9.94. The van der Waals surface area contributed by atoms with Crippen LogP contribution in [0.1, 0.15) is 38.5 Å². The van der Waals surface area contributed by atoms with Crippen LogP contribution >= 0.6 is 23.2 Å². The lowest BCUT2D eigenvalue weighted by Crippen LogP contribution is -2.46. The summed E-state index contributed by atoms with van der Waals surface area (Å²) in [4.78, 5) is 15.2. The molecule has 0 aromatic heterocycles. The van der Waals surface area contributed by atoms with Crippen molar-refractivity contribution in [2.45, 2.75) is 55.6 Å². The first kappa shape index (κ1) is 27.8. The van der Waals surface area contributed by atoms with E-state index in [2.05, 4.69) is 9.62 Å². The maximum atomic E-state index is 12.8. The van der Waals surface area contributed by atoms with Gasteiger partial charge in [0.25, 0.3) is 10.0 Å². The number of likely N-dealkylation sites (tertiary alicyclic amines) is 1. The van der Waals surface area contributed by atoms with Gasteiger partial charge in [-0.1, -0.05) is 23.2 Å². The van der Waals surface area contributed by atoms with Crippen molar-refractivity contribution in [1.29, 1.82) is 0 Å². The standard InChI is InChI=1S/C26H32Cl2N2O6S/c1-34-24-10-8-21(16-25(24)35-2)37(32,33)29-26(31)17-3-5-18(6-4-17)30-13-11-19(12-14-30)36-20-7-9-22(27)23(28)15-20/h7-10,15-19H,3-6,11-14H2,1-2H3,(H,29,31). The zero-order valence-electron chi connectivity index (χ0n) is 20.9. The van der Waals surface area contributed by atoms with Gasteiger partial charge in [-0.25, -0.2) is 13.1 Å². The van der Waals surface area contributed by atoms with Crippen molar-refractivity contribution in [3.8, 4) is 17.2 Å². The first-order chi connectivity index (χ1) is 17.7. The monoisotopic (exact) mass is 570 g/mol. The molecule has 37 heavy (non-hydrogen) atoms. The SMILES string of the molecule is COc1ccc(S(=O)(=O)NC(=O)C2CCC(N3CCC(Oc4ccc(Cl)c(Cl)c4)CC3)CC2)cc1OC. The highest BCUT2D eigenvalue weighted by molar-refractivity contribution is 7.90. The zero-order valence-corrected chi connectivity index (χ0v) is 23.2.